The molecule has 2 aromatic rings. The molecular formula is C17H20N4O2. The number of hydrogen-bond acceptors (Lipinski definition) is 5. The lowest BCUT2D eigenvalue weighted by molar-refractivity contribution is -0.121. The number of amides is 1. The first-order valence-corrected chi connectivity index (χ1v) is 7.65. The molecule has 1 aliphatic heterocycles. The number of anilines is 1. The molecule has 0 radical (unpaired) electrons. The van der Waals surface area contributed by atoms with Crippen LogP contribution in [0.5, 0.6) is 5.75 Å². The molecule has 3 rings (SSSR count). The van der Waals surface area contributed by atoms with E-state index in [4.69, 9.17) is 4.74 Å². The number of aromatic nitrogens is 2. The summed E-state index contributed by atoms with van der Waals surface area (Å²) in [4.78, 5) is 22.6. The summed E-state index contributed by atoms with van der Waals surface area (Å²) in [5, 5.41) is 2.76. The summed E-state index contributed by atoms with van der Waals surface area (Å²) < 4.78 is 5.29. The second kappa shape index (κ2) is 6.75. The van der Waals surface area contributed by atoms with Crippen LogP contribution in [0.25, 0.3) is 0 Å². The van der Waals surface area contributed by atoms with E-state index < -0.39 is 0 Å². The van der Waals surface area contributed by atoms with E-state index in [-0.39, 0.29) is 11.9 Å². The van der Waals surface area contributed by atoms with Crippen molar-refractivity contribution >= 4 is 11.9 Å². The fourth-order valence-corrected chi connectivity index (χ4v) is 2.76. The standard InChI is InChI=1S/C17H20N4O2/c1-12(16(22)20-17-18-7-3-8-19-17)21-9-6-13-4-5-15(23-2)10-14(13)11-21/h3-5,7-8,10,12H,6,9,11H2,1-2H3,(H,18,19,20,22). The van der Waals surface area contributed by atoms with Gasteiger partial charge in [0.1, 0.15) is 5.75 Å². The summed E-state index contributed by atoms with van der Waals surface area (Å²) in [6, 6.07) is 7.60. The first kappa shape index (κ1) is 15.4. The molecule has 0 aliphatic carbocycles. The molecule has 2 heterocycles. The Labute approximate surface area is 135 Å². The number of benzene rings is 1. The third kappa shape index (κ3) is 3.48. The molecule has 120 valence electrons. The molecule has 1 amide bonds. The summed E-state index contributed by atoms with van der Waals surface area (Å²) in [6.45, 7) is 3.49. The Morgan fingerprint density at radius 3 is 2.83 bits per heavy atom. The van der Waals surface area contributed by atoms with Gasteiger partial charge in [-0.05, 0) is 42.7 Å². The zero-order valence-corrected chi connectivity index (χ0v) is 13.3. The molecule has 1 atom stereocenters. The van der Waals surface area contributed by atoms with E-state index in [0.29, 0.717) is 5.95 Å². The van der Waals surface area contributed by atoms with Crippen molar-refractivity contribution in [1.82, 2.24) is 14.9 Å². The average Bonchev–Trinajstić information content (AvgIpc) is 2.60. The van der Waals surface area contributed by atoms with Crippen molar-refractivity contribution in [3.63, 3.8) is 0 Å². The molecular weight excluding hydrogens is 292 g/mol. The van der Waals surface area contributed by atoms with Crippen LogP contribution in [-0.2, 0) is 17.8 Å². The lowest BCUT2D eigenvalue weighted by atomic mass is 9.98. The van der Waals surface area contributed by atoms with E-state index in [2.05, 4.69) is 26.3 Å². The van der Waals surface area contributed by atoms with Gasteiger partial charge in [-0.25, -0.2) is 9.97 Å². The van der Waals surface area contributed by atoms with Gasteiger partial charge in [0, 0.05) is 25.5 Å². The second-order valence-corrected chi connectivity index (χ2v) is 5.59. The van der Waals surface area contributed by atoms with Gasteiger partial charge in [-0.3, -0.25) is 15.0 Å². The van der Waals surface area contributed by atoms with Crippen LogP contribution in [-0.4, -0.2) is 40.5 Å². The van der Waals surface area contributed by atoms with Gasteiger partial charge in [0.2, 0.25) is 11.9 Å². The van der Waals surface area contributed by atoms with Gasteiger partial charge in [-0.1, -0.05) is 6.07 Å². The average molecular weight is 312 g/mol. The number of nitrogens with zero attached hydrogens (tertiary/aromatic N) is 3. The molecule has 0 saturated heterocycles. The topological polar surface area (TPSA) is 67.3 Å². The number of rotatable bonds is 4. The smallest absolute Gasteiger partial charge is 0.243 e. The molecule has 23 heavy (non-hydrogen) atoms. The molecule has 1 unspecified atom stereocenters. The minimum atomic E-state index is -0.252. The molecule has 0 bridgehead atoms. The van der Waals surface area contributed by atoms with Crippen LogP contribution < -0.4 is 10.1 Å². The second-order valence-electron chi connectivity index (χ2n) is 5.59. The first-order valence-electron chi connectivity index (χ1n) is 7.65. The van der Waals surface area contributed by atoms with Crippen molar-refractivity contribution in [3.8, 4) is 5.75 Å². The number of nitrogens with one attached hydrogen (secondary N) is 1. The van der Waals surface area contributed by atoms with E-state index in [0.717, 1.165) is 25.3 Å². The SMILES string of the molecule is COc1ccc2c(c1)CN(C(C)C(=O)Nc1ncccn1)CC2. The normalized spacial score (nSPS) is 15.6. The zero-order chi connectivity index (χ0) is 16.2. The Morgan fingerprint density at radius 1 is 1.30 bits per heavy atom. The van der Waals surface area contributed by atoms with Crippen LogP contribution in [0.1, 0.15) is 18.1 Å². The maximum atomic E-state index is 12.4. The molecule has 6 nitrogen and oxygen atoms in total. The van der Waals surface area contributed by atoms with Crippen molar-refractivity contribution in [2.24, 2.45) is 0 Å². The van der Waals surface area contributed by atoms with Gasteiger partial charge in [0.15, 0.2) is 0 Å². The number of carbonyl (C=O) groups excluding carboxylic acids is 1. The number of fused-ring (bicyclic) bond motifs is 1. The lowest BCUT2D eigenvalue weighted by Crippen LogP contribution is -2.44. The van der Waals surface area contributed by atoms with Gasteiger partial charge in [0.05, 0.1) is 13.2 Å². The van der Waals surface area contributed by atoms with E-state index in [1.165, 1.54) is 11.1 Å². The van der Waals surface area contributed by atoms with Gasteiger partial charge < -0.3 is 4.74 Å². The third-order valence-electron chi connectivity index (χ3n) is 4.18. The van der Waals surface area contributed by atoms with Crippen molar-refractivity contribution in [1.29, 1.82) is 0 Å². The van der Waals surface area contributed by atoms with Gasteiger partial charge in [-0.15, -0.1) is 0 Å². The molecule has 0 spiro atoms. The van der Waals surface area contributed by atoms with Crippen molar-refractivity contribution in [2.75, 3.05) is 19.0 Å². The minimum Gasteiger partial charge on any atom is -0.497 e. The fourth-order valence-electron chi connectivity index (χ4n) is 2.76. The molecule has 0 saturated carbocycles. The van der Waals surface area contributed by atoms with Gasteiger partial charge in [-0.2, -0.15) is 0 Å². The highest BCUT2D eigenvalue weighted by atomic mass is 16.5. The number of methoxy groups -OCH3 is 1. The largest absolute Gasteiger partial charge is 0.497 e. The molecule has 0 fully saturated rings. The van der Waals surface area contributed by atoms with Crippen molar-refractivity contribution in [3.05, 3.63) is 47.8 Å². The zero-order valence-electron chi connectivity index (χ0n) is 13.3. The number of ether oxygens (including phenoxy) is 1. The van der Waals surface area contributed by atoms with E-state index in [1.54, 1.807) is 25.6 Å². The van der Waals surface area contributed by atoms with Crippen LogP contribution in [0.15, 0.2) is 36.7 Å². The van der Waals surface area contributed by atoms with Crippen molar-refractivity contribution in [2.45, 2.75) is 25.9 Å². The summed E-state index contributed by atoms with van der Waals surface area (Å²) in [7, 11) is 1.66. The Hall–Kier alpha value is -2.47. The molecule has 1 aromatic carbocycles. The van der Waals surface area contributed by atoms with Crippen LogP contribution in [0.3, 0.4) is 0 Å². The monoisotopic (exact) mass is 312 g/mol. The minimum absolute atomic E-state index is 0.0949. The first-order chi connectivity index (χ1) is 11.2. The summed E-state index contributed by atoms with van der Waals surface area (Å²) in [6.07, 6.45) is 4.15. The Morgan fingerprint density at radius 2 is 2.09 bits per heavy atom. The number of hydrogen-bond donors (Lipinski definition) is 1. The summed E-state index contributed by atoms with van der Waals surface area (Å²) in [5.41, 5.74) is 2.53. The highest BCUT2D eigenvalue weighted by molar-refractivity contribution is 5.93. The van der Waals surface area contributed by atoms with Gasteiger partial charge in [0.25, 0.3) is 0 Å². The molecule has 1 aliphatic rings. The Kier molecular flexibility index (Phi) is 4.52. The van der Waals surface area contributed by atoms with E-state index in [9.17, 15) is 4.79 Å². The molecule has 1 aromatic heterocycles. The van der Waals surface area contributed by atoms with Crippen LogP contribution in [0.2, 0.25) is 0 Å². The maximum absolute atomic E-state index is 12.4. The molecule has 6 heteroatoms. The third-order valence-corrected chi connectivity index (χ3v) is 4.18. The predicted molar refractivity (Wildman–Crippen MR) is 87.2 cm³/mol. The van der Waals surface area contributed by atoms with Crippen LogP contribution >= 0.6 is 0 Å². The lowest BCUT2D eigenvalue weighted by Gasteiger charge is -2.32. The predicted octanol–water partition coefficient (Wildman–Crippen LogP) is 1.87. The number of carbonyl (C=O) groups is 1. The van der Waals surface area contributed by atoms with Crippen LogP contribution in [0.4, 0.5) is 5.95 Å². The maximum Gasteiger partial charge on any atom is 0.243 e. The summed E-state index contributed by atoms with van der Waals surface area (Å²) in [5.74, 6) is 1.09. The Bertz CT molecular complexity index is 690. The highest BCUT2D eigenvalue weighted by Gasteiger charge is 2.26. The van der Waals surface area contributed by atoms with Crippen LogP contribution in [0, 0.1) is 0 Å². The van der Waals surface area contributed by atoms with Gasteiger partial charge >= 0.3 is 0 Å². The molecule has 1 N–H and O–H groups in total. The highest BCUT2D eigenvalue weighted by Crippen LogP contribution is 2.25. The van der Waals surface area contributed by atoms with E-state index in [1.807, 2.05) is 19.1 Å². The Balaban J connectivity index is 1.68. The van der Waals surface area contributed by atoms with E-state index >= 15 is 0 Å². The fraction of sp³-hybridized carbons (Fsp3) is 0.353. The summed E-state index contributed by atoms with van der Waals surface area (Å²) >= 11 is 0. The quantitative estimate of drug-likeness (QED) is 0.933. The van der Waals surface area contributed by atoms with Crippen molar-refractivity contribution < 1.29 is 9.53 Å².